The van der Waals surface area contributed by atoms with Gasteiger partial charge in [-0.25, -0.2) is 8.42 Å². The van der Waals surface area contributed by atoms with Crippen LogP contribution >= 0.6 is 11.6 Å². The molecule has 1 aliphatic heterocycles. The van der Waals surface area contributed by atoms with Crippen molar-refractivity contribution in [1.29, 1.82) is 0 Å². The van der Waals surface area contributed by atoms with Crippen LogP contribution in [0.5, 0.6) is 0 Å². The van der Waals surface area contributed by atoms with Crippen LogP contribution in [0.15, 0.2) is 17.3 Å². The van der Waals surface area contributed by atoms with Crippen molar-refractivity contribution in [2.45, 2.75) is 17.7 Å². The van der Waals surface area contributed by atoms with Gasteiger partial charge in [-0.05, 0) is 12.8 Å². The number of rotatable bonds is 3. The fourth-order valence-corrected chi connectivity index (χ4v) is 3.73. The summed E-state index contributed by atoms with van der Waals surface area (Å²) in [4.78, 5) is 3.82. The molecule has 0 aromatic carbocycles. The van der Waals surface area contributed by atoms with Crippen LogP contribution in [0, 0.1) is 0 Å². The topological polar surface area (TPSA) is 88.3 Å². The molecule has 6 nitrogen and oxygen atoms in total. The minimum atomic E-state index is -3.56. The third kappa shape index (κ3) is 2.23. The Labute approximate surface area is 105 Å². The SMILES string of the molecule is NNc1c(Cl)cncc1S(=O)(=O)N1CCCC1. The summed E-state index contributed by atoms with van der Waals surface area (Å²) in [5.41, 5.74) is 2.50. The third-order valence-electron chi connectivity index (χ3n) is 2.69. The van der Waals surface area contributed by atoms with Crippen LogP contribution < -0.4 is 11.3 Å². The Morgan fingerprint density at radius 1 is 1.35 bits per heavy atom. The van der Waals surface area contributed by atoms with E-state index in [1.54, 1.807) is 0 Å². The van der Waals surface area contributed by atoms with E-state index in [1.165, 1.54) is 16.7 Å². The monoisotopic (exact) mass is 276 g/mol. The van der Waals surface area contributed by atoms with Crippen LogP contribution in [0.2, 0.25) is 5.02 Å². The van der Waals surface area contributed by atoms with Gasteiger partial charge in [0, 0.05) is 25.5 Å². The average molecular weight is 277 g/mol. The Balaban J connectivity index is 2.49. The maximum absolute atomic E-state index is 12.3. The number of hydrazine groups is 1. The van der Waals surface area contributed by atoms with Crippen LogP contribution in [-0.4, -0.2) is 30.8 Å². The highest BCUT2D eigenvalue weighted by Crippen LogP contribution is 2.30. The molecule has 1 saturated heterocycles. The lowest BCUT2D eigenvalue weighted by molar-refractivity contribution is 0.477. The zero-order valence-corrected chi connectivity index (χ0v) is 10.6. The number of nitrogens with zero attached hydrogens (tertiary/aromatic N) is 2. The van der Waals surface area contributed by atoms with Gasteiger partial charge >= 0.3 is 0 Å². The van der Waals surface area contributed by atoms with Crippen molar-refractivity contribution in [3.63, 3.8) is 0 Å². The molecular weight excluding hydrogens is 264 g/mol. The van der Waals surface area contributed by atoms with Crippen molar-refractivity contribution in [3.8, 4) is 0 Å². The standard InChI is InChI=1S/C9H13ClN4O2S/c10-7-5-12-6-8(9(7)13-11)17(15,16)14-3-1-2-4-14/h5-6H,1-4,11H2,(H,12,13). The summed E-state index contributed by atoms with van der Waals surface area (Å²) >= 11 is 5.85. The van der Waals surface area contributed by atoms with Gasteiger partial charge in [-0.2, -0.15) is 4.31 Å². The van der Waals surface area contributed by atoms with Crippen LogP contribution in [-0.2, 0) is 10.0 Å². The van der Waals surface area contributed by atoms with Gasteiger partial charge in [0.05, 0.1) is 10.7 Å². The Bertz CT molecular complexity index is 514. The number of nitrogen functional groups attached to an aromatic ring is 1. The number of hydrogen-bond acceptors (Lipinski definition) is 5. The zero-order valence-electron chi connectivity index (χ0n) is 9.06. The highest BCUT2D eigenvalue weighted by Gasteiger charge is 2.30. The summed E-state index contributed by atoms with van der Waals surface area (Å²) in [6, 6.07) is 0. The Morgan fingerprint density at radius 2 is 2.00 bits per heavy atom. The van der Waals surface area contributed by atoms with Gasteiger partial charge in [-0.1, -0.05) is 11.6 Å². The molecule has 2 rings (SSSR count). The van der Waals surface area contributed by atoms with Crippen LogP contribution in [0.4, 0.5) is 5.69 Å². The molecule has 3 N–H and O–H groups in total. The maximum atomic E-state index is 12.3. The average Bonchev–Trinajstić information content (AvgIpc) is 2.82. The summed E-state index contributed by atoms with van der Waals surface area (Å²) in [7, 11) is -3.56. The van der Waals surface area contributed by atoms with E-state index in [0.29, 0.717) is 13.1 Å². The second-order valence-corrected chi connectivity index (χ2v) is 6.06. The normalized spacial score (nSPS) is 17.3. The molecule has 1 fully saturated rings. The first-order valence-electron chi connectivity index (χ1n) is 5.17. The fourth-order valence-electron chi connectivity index (χ4n) is 1.82. The molecule has 17 heavy (non-hydrogen) atoms. The largest absolute Gasteiger partial charge is 0.321 e. The van der Waals surface area contributed by atoms with E-state index >= 15 is 0 Å². The van der Waals surface area contributed by atoms with Crippen molar-refractivity contribution < 1.29 is 8.42 Å². The summed E-state index contributed by atoms with van der Waals surface area (Å²) in [6.45, 7) is 1.05. The highest BCUT2D eigenvalue weighted by molar-refractivity contribution is 7.89. The highest BCUT2D eigenvalue weighted by atomic mass is 35.5. The first-order valence-corrected chi connectivity index (χ1v) is 6.99. The Hall–Kier alpha value is -0.890. The second-order valence-electron chi connectivity index (χ2n) is 3.75. The quantitative estimate of drug-likeness (QED) is 0.630. The van der Waals surface area contributed by atoms with Crippen LogP contribution in [0.25, 0.3) is 0 Å². The number of nitrogens with two attached hydrogens (primary N) is 1. The minimum absolute atomic E-state index is 0.0226. The molecule has 0 unspecified atom stereocenters. The van der Waals surface area contributed by atoms with E-state index in [9.17, 15) is 8.42 Å². The molecule has 94 valence electrons. The summed E-state index contributed by atoms with van der Waals surface area (Å²) in [5.74, 6) is 5.30. The number of nitrogens with one attached hydrogen (secondary N) is 1. The molecule has 0 bridgehead atoms. The number of hydrogen-bond donors (Lipinski definition) is 2. The number of aromatic nitrogens is 1. The number of sulfonamides is 1. The van der Waals surface area contributed by atoms with E-state index in [0.717, 1.165) is 12.8 Å². The van der Waals surface area contributed by atoms with Gasteiger partial charge in [0.25, 0.3) is 0 Å². The third-order valence-corrected chi connectivity index (χ3v) is 4.89. The van der Waals surface area contributed by atoms with Crippen LogP contribution in [0.1, 0.15) is 12.8 Å². The fraction of sp³-hybridized carbons (Fsp3) is 0.444. The summed E-state index contributed by atoms with van der Waals surface area (Å²) in [6.07, 6.45) is 4.35. The number of pyridine rings is 1. The molecule has 0 atom stereocenters. The minimum Gasteiger partial charge on any atom is -0.321 e. The summed E-state index contributed by atoms with van der Waals surface area (Å²) in [5, 5.41) is 0.188. The van der Waals surface area contributed by atoms with Crippen LogP contribution in [0.3, 0.4) is 0 Å². The lowest BCUT2D eigenvalue weighted by Crippen LogP contribution is -2.29. The van der Waals surface area contributed by atoms with Crippen molar-refractivity contribution in [1.82, 2.24) is 9.29 Å². The first-order chi connectivity index (χ1) is 8.07. The molecule has 0 radical (unpaired) electrons. The van der Waals surface area contributed by atoms with Gasteiger partial charge in [0.1, 0.15) is 4.90 Å². The van der Waals surface area contributed by atoms with Crippen molar-refractivity contribution >= 4 is 27.3 Å². The van der Waals surface area contributed by atoms with Gasteiger partial charge in [-0.15, -0.1) is 0 Å². The molecule has 0 saturated carbocycles. The van der Waals surface area contributed by atoms with E-state index < -0.39 is 10.0 Å². The molecule has 8 heteroatoms. The molecule has 1 aromatic rings. The van der Waals surface area contributed by atoms with Gasteiger partial charge in [0.15, 0.2) is 0 Å². The lowest BCUT2D eigenvalue weighted by atomic mass is 10.4. The number of anilines is 1. The zero-order chi connectivity index (χ0) is 12.5. The number of halogens is 1. The predicted molar refractivity (Wildman–Crippen MR) is 65.0 cm³/mol. The Morgan fingerprint density at radius 3 is 2.59 bits per heavy atom. The predicted octanol–water partition coefficient (Wildman–Crippen LogP) is 0.805. The van der Waals surface area contributed by atoms with Crippen molar-refractivity contribution in [2.24, 2.45) is 5.84 Å². The smallest absolute Gasteiger partial charge is 0.246 e. The first kappa shape index (κ1) is 12.6. The van der Waals surface area contributed by atoms with Crippen molar-refractivity contribution in [3.05, 3.63) is 17.4 Å². The molecule has 0 spiro atoms. The molecule has 2 heterocycles. The molecule has 0 aliphatic carbocycles. The van der Waals surface area contributed by atoms with E-state index in [4.69, 9.17) is 17.4 Å². The molecule has 1 aromatic heterocycles. The van der Waals surface area contributed by atoms with Crippen molar-refractivity contribution in [2.75, 3.05) is 18.5 Å². The van der Waals surface area contributed by atoms with E-state index in [1.807, 2.05) is 0 Å². The lowest BCUT2D eigenvalue weighted by Gasteiger charge is -2.17. The molecule has 0 amide bonds. The molecular formula is C9H13ClN4O2S. The summed E-state index contributed by atoms with van der Waals surface area (Å²) < 4.78 is 26.0. The second kappa shape index (κ2) is 4.77. The van der Waals surface area contributed by atoms with Gasteiger partial charge in [-0.3, -0.25) is 10.8 Å². The van der Waals surface area contributed by atoms with E-state index in [-0.39, 0.29) is 15.6 Å². The Kier molecular flexibility index (Phi) is 3.53. The van der Waals surface area contributed by atoms with E-state index in [2.05, 4.69) is 10.4 Å². The maximum Gasteiger partial charge on any atom is 0.246 e. The van der Waals surface area contributed by atoms with Gasteiger partial charge in [0.2, 0.25) is 10.0 Å². The van der Waals surface area contributed by atoms with Gasteiger partial charge < -0.3 is 5.43 Å². The molecule has 1 aliphatic rings.